The van der Waals surface area contributed by atoms with Gasteiger partial charge >= 0.3 is 5.97 Å². The monoisotopic (exact) mass is 238 g/mol. The normalized spacial score (nSPS) is 19.0. The van der Waals surface area contributed by atoms with Crippen LogP contribution in [-0.2, 0) is 4.79 Å². The molecule has 1 aromatic carbocycles. The molecule has 86 valence electrons. The molecular weight excluding hydrogens is 224 g/mol. The zero-order chi connectivity index (χ0) is 11.4. The van der Waals surface area contributed by atoms with Crippen molar-refractivity contribution in [2.45, 2.75) is 18.4 Å². The number of carboxylic acids is 1. The van der Waals surface area contributed by atoms with E-state index >= 15 is 0 Å². The second-order valence-electron chi connectivity index (χ2n) is 3.83. The number of hydrogen-bond acceptors (Lipinski definition) is 3. The standard InChI is InChI=1S/C12H14O3S/c13-11(14)12(6-8-16-9-7-12)15-10-4-2-1-3-5-10/h1-5H,6-9H2,(H,13,14). The first-order chi connectivity index (χ1) is 7.73. The summed E-state index contributed by atoms with van der Waals surface area (Å²) in [4.78, 5) is 11.3. The fourth-order valence-electron chi connectivity index (χ4n) is 1.77. The Morgan fingerprint density at radius 3 is 2.44 bits per heavy atom. The highest BCUT2D eigenvalue weighted by molar-refractivity contribution is 7.99. The first-order valence-electron chi connectivity index (χ1n) is 5.28. The van der Waals surface area contributed by atoms with Crippen molar-refractivity contribution in [3.05, 3.63) is 30.3 Å². The number of carboxylic acid groups (broad SMARTS) is 1. The lowest BCUT2D eigenvalue weighted by Crippen LogP contribution is -2.47. The minimum Gasteiger partial charge on any atom is -0.478 e. The van der Waals surface area contributed by atoms with Gasteiger partial charge in [0.25, 0.3) is 0 Å². The van der Waals surface area contributed by atoms with Gasteiger partial charge in [0.2, 0.25) is 5.60 Å². The third-order valence-electron chi connectivity index (χ3n) is 2.75. The van der Waals surface area contributed by atoms with Gasteiger partial charge in [-0.25, -0.2) is 4.79 Å². The highest BCUT2D eigenvalue weighted by Crippen LogP contribution is 2.32. The fraction of sp³-hybridized carbons (Fsp3) is 0.417. The molecule has 1 aliphatic heterocycles. The van der Waals surface area contributed by atoms with Crippen LogP contribution in [0.4, 0.5) is 0 Å². The molecule has 0 spiro atoms. The number of carbonyl (C=O) groups is 1. The summed E-state index contributed by atoms with van der Waals surface area (Å²) in [5.74, 6) is 1.48. The van der Waals surface area contributed by atoms with Gasteiger partial charge in [-0.05, 0) is 23.6 Å². The summed E-state index contributed by atoms with van der Waals surface area (Å²) in [6.45, 7) is 0. The molecule has 0 amide bonds. The Labute approximate surface area is 98.8 Å². The van der Waals surface area contributed by atoms with Crippen molar-refractivity contribution in [2.75, 3.05) is 11.5 Å². The zero-order valence-electron chi connectivity index (χ0n) is 8.89. The molecule has 1 aliphatic rings. The second-order valence-corrected chi connectivity index (χ2v) is 5.05. The van der Waals surface area contributed by atoms with Crippen LogP contribution in [0.5, 0.6) is 5.75 Å². The minimum absolute atomic E-state index is 0.571. The first-order valence-corrected chi connectivity index (χ1v) is 6.44. The van der Waals surface area contributed by atoms with E-state index < -0.39 is 11.6 Å². The predicted molar refractivity (Wildman–Crippen MR) is 64.0 cm³/mol. The van der Waals surface area contributed by atoms with Crippen molar-refractivity contribution in [1.82, 2.24) is 0 Å². The van der Waals surface area contributed by atoms with Crippen LogP contribution in [0.2, 0.25) is 0 Å². The molecule has 0 aromatic heterocycles. The van der Waals surface area contributed by atoms with Crippen LogP contribution in [0.15, 0.2) is 30.3 Å². The Morgan fingerprint density at radius 2 is 1.88 bits per heavy atom. The maximum absolute atomic E-state index is 11.3. The molecule has 2 rings (SSSR count). The molecule has 0 atom stereocenters. The maximum Gasteiger partial charge on any atom is 0.348 e. The largest absolute Gasteiger partial charge is 0.478 e. The maximum atomic E-state index is 11.3. The van der Waals surface area contributed by atoms with E-state index in [-0.39, 0.29) is 0 Å². The molecule has 4 heteroatoms. The zero-order valence-corrected chi connectivity index (χ0v) is 9.70. The summed E-state index contributed by atoms with van der Waals surface area (Å²) >= 11 is 1.78. The molecule has 0 aliphatic carbocycles. The quantitative estimate of drug-likeness (QED) is 0.878. The molecule has 0 bridgehead atoms. The van der Waals surface area contributed by atoms with Gasteiger partial charge in [0.15, 0.2) is 0 Å². The van der Waals surface area contributed by atoms with Crippen LogP contribution >= 0.6 is 11.8 Å². The Bertz CT molecular complexity index is 358. The summed E-state index contributed by atoms with van der Waals surface area (Å²) < 4.78 is 5.69. The molecule has 1 saturated heterocycles. The van der Waals surface area contributed by atoms with E-state index in [1.807, 2.05) is 18.2 Å². The molecule has 1 heterocycles. The summed E-state index contributed by atoms with van der Waals surface area (Å²) in [7, 11) is 0. The number of rotatable bonds is 3. The number of thioether (sulfide) groups is 1. The number of para-hydroxylation sites is 1. The third-order valence-corrected chi connectivity index (χ3v) is 3.73. The number of benzene rings is 1. The van der Waals surface area contributed by atoms with Gasteiger partial charge in [-0.3, -0.25) is 0 Å². The van der Waals surface area contributed by atoms with Gasteiger partial charge in [-0.2, -0.15) is 11.8 Å². The van der Waals surface area contributed by atoms with Gasteiger partial charge in [0.05, 0.1) is 0 Å². The Hall–Kier alpha value is -1.16. The lowest BCUT2D eigenvalue weighted by atomic mass is 9.96. The molecule has 0 unspecified atom stereocenters. The van der Waals surface area contributed by atoms with E-state index in [4.69, 9.17) is 4.74 Å². The van der Waals surface area contributed by atoms with E-state index in [0.717, 1.165) is 11.5 Å². The van der Waals surface area contributed by atoms with Gasteiger partial charge in [0, 0.05) is 12.8 Å². The van der Waals surface area contributed by atoms with Crippen molar-refractivity contribution in [2.24, 2.45) is 0 Å². The summed E-state index contributed by atoms with van der Waals surface area (Å²) in [5, 5.41) is 9.32. The Balaban J connectivity index is 2.17. The van der Waals surface area contributed by atoms with Crippen molar-refractivity contribution in [1.29, 1.82) is 0 Å². The van der Waals surface area contributed by atoms with Crippen LogP contribution in [-0.4, -0.2) is 28.2 Å². The lowest BCUT2D eigenvalue weighted by Gasteiger charge is -2.33. The van der Waals surface area contributed by atoms with E-state index in [1.54, 1.807) is 23.9 Å². The van der Waals surface area contributed by atoms with Crippen LogP contribution in [0.3, 0.4) is 0 Å². The second kappa shape index (κ2) is 4.78. The van der Waals surface area contributed by atoms with E-state index in [1.165, 1.54) is 0 Å². The SMILES string of the molecule is O=C(O)C1(Oc2ccccc2)CCSCC1. The number of ether oxygens (including phenoxy) is 1. The predicted octanol–water partition coefficient (Wildman–Crippen LogP) is 2.42. The molecular formula is C12H14O3S. The van der Waals surface area contributed by atoms with E-state index in [0.29, 0.717) is 18.6 Å². The van der Waals surface area contributed by atoms with Crippen molar-refractivity contribution < 1.29 is 14.6 Å². The highest BCUT2D eigenvalue weighted by Gasteiger charge is 2.42. The van der Waals surface area contributed by atoms with Crippen LogP contribution in [0.25, 0.3) is 0 Å². The van der Waals surface area contributed by atoms with Crippen molar-refractivity contribution in [3.8, 4) is 5.75 Å². The van der Waals surface area contributed by atoms with Gasteiger partial charge < -0.3 is 9.84 Å². The van der Waals surface area contributed by atoms with E-state index in [2.05, 4.69) is 0 Å². The van der Waals surface area contributed by atoms with E-state index in [9.17, 15) is 9.90 Å². The topological polar surface area (TPSA) is 46.5 Å². The lowest BCUT2D eigenvalue weighted by molar-refractivity contribution is -0.156. The highest BCUT2D eigenvalue weighted by atomic mass is 32.2. The number of hydrogen-bond donors (Lipinski definition) is 1. The molecule has 0 saturated carbocycles. The molecule has 16 heavy (non-hydrogen) atoms. The van der Waals surface area contributed by atoms with Crippen molar-refractivity contribution >= 4 is 17.7 Å². The average molecular weight is 238 g/mol. The van der Waals surface area contributed by atoms with Gasteiger partial charge in [0.1, 0.15) is 5.75 Å². The third kappa shape index (κ3) is 2.32. The summed E-state index contributed by atoms with van der Waals surface area (Å²) in [6, 6.07) is 9.18. The average Bonchev–Trinajstić information content (AvgIpc) is 2.31. The fourth-order valence-corrected chi connectivity index (χ4v) is 2.93. The minimum atomic E-state index is -1.02. The Kier molecular flexibility index (Phi) is 3.39. The summed E-state index contributed by atoms with van der Waals surface area (Å²) in [6.07, 6.45) is 1.14. The van der Waals surface area contributed by atoms with Crippen LogP contribution < -0.4 is 4.74 Å². The molecule has 1 N–H and O–H groups in total. The van der Waals surface area contributed by atoms with Crippen LogP contribution in [0.1, 0.15) is 12.8 Å². The molecule has 3 nitrogen and oxygen atoms in total. The van der Waals surface area contributed by atoms with Crippen LogP contribution in [0, 0.1) is 0 Å². The molecule has 0 radical (unpaired) electrons. The smallest absolute Gasteiger partial charge is 0.348 e. The first kappa shape index (κ1) is 11.3. The van der Waals surface area contributed by atoms with Crippen molar-refractivity contribution in [3.63, 3.8) is 0 Å². The molecule has 1 fully saturated rings. The Morgan fingerprint density at radius 1 is 1.25 bits per heavy atom. The molecule has 1 aromatic rings. The van der Waals surface area contributed by atoms with Gasteiger partial charge in [-0.1, -0.05) is 18.2 Å². The summed E-state index contributed by atoms with van der Waals surface area (Å²) in [5.41, 5.74) is -1.02. The van der Waals surface area contributed by atoms with Gasteiger partial charge in [-0.15, -0.1) is 0 Å². The number of aliphatic carboxylic acids is 1.